The summed E-state index contributed by atoms with van der Waals surface area (Å²) in [4.78, 5) is 25.7. The van der Waals surface area contributed by atoms with Crippen molar-refractivity contribution < 1.29 is 14.3 Å². The Kier molecular flexibility index (Phi) is 7.25. The summed E-state index contributed by atoms with van der Waals surface area (Å²) in [6.45, 7) is 2.63. The molecule has 0 radical (unpaired) electrons. The predicted octanol–water partition coefficient (Wildman–Crippen LogP) is 3.08. The molecule has 6 nitrogen and oxygen atoms in total. The maximum atomic E-state index is 12.4. The Labute approximate surface area is 172 Å². The second-order valence-corrected chi connectivity index (χ2v) is 7.53. The Morgan fingerprint density at radius 3 is 2.48 bits per heavy atom. The van der Waals surface area contributed by atoms with Gasteiger partial charge in [0, 0.05) is 38.5 Å². The summed E-state index contributed by atoms with van der Waals surface area (Å²) >= 11 is 0. The summed E-state index contributed by atoms with van der Waals surface area (Å²) in [6.07, 6.45) is 2.43. The van der Waals surface area contributed by atoms with E-state index >= 15 is 0 Å². The second-order valence-electron chi connectivity index (χ2n) is 7.53. The highest BCUT2D eigenvalue weighted by Gasteiger charge is 2.31. The first-order valence-corrected chi connectivity index (χ1v) is 10.1. The van der Waals surface area contributed by atoms with Crippen LogP contribution >= 0.6 is 0 Å². The molecule has 0 aliphatic carbocycles. The van der Waals surface area contributed by atoms with Crippen molar-refractivity contribution >= 4 is 11.8 Å². The van der Waals surface area contributed by atoms with E-state index in [4.69, 9.17) is 4.74 Å². The van der Waals surface area contributed by atoms with E-state index in [0.717, 1.165) is 29.9 Å². The summed E-state index contributed by atoms with van der Waals surface area (Å²) in [5.41, 5.74) is 0.995. The fraction of sp³-hybridized carbons (Fsp3) is 0.391. The van der Waals surface area contributed by atoms with Crippen molar-refractivity contribution in [3.8, 4) is 11.5 Å². The molecule has 1 aliphatic rings. The Bertz CT molecular complexity index is 825. The fourth-order valence-electron chi connectivity index (χ4n) is 3.67. The number of likely N-dealkylation sites (tertiary alicyclic amines) is 1. The van der Waals surface area contributed by atoms with Crippen molar-refractivity contribution in [1.82, 2.24) is 15.5 Å². The Morgan fingerprint density at radius 1 is 1.00 bits per heavy atom. The van der Waals surface area contributed by atoms with Crippen LogP contribution in [0.5, 0.6) is 11.5 Å². The molecule has 0 aromatic heterocycles. The van der Waals surface area contributed by atoms with E-state index in [-0.39, 0.29) is 17.9 Å². The number of amides is 2. The highest BCUT2D eigenvalue weighted by molar-refractivity contribution is 5.76. The molecule has 2 aromatic rings. The monoisotopic (exact) mass is 395 g/mol. The minimum atomic E-state index is -0.0157. The minimum Gasteiger partial charge on any atom is -0.457 e. The summed E-state index contributed by atoms with van der Waals surface area (Å²) in [5.74, 6) is 1.56. The Balaban J connectivity index is 1.46. The number of carbonyl (C=O) groups excluding carboxylic acids is 2. The number of carbonyl (C=O) groups is 2. The van der Waals surface area contributed by atoms with E-state index < -0.39 is 0 Å². The van der Waals surface area contributed by atoms with E-state index in [1.165, 1.54) is 6.92 Å². The molecule has 1 heterocycles. The van der Waals surface area contributed by atoms with Gasteiger partial charge in [0.15, 0.2) is 0 Å². The van der Waals surface area contributed by atoms with Gasteiger partial charge in [0.05, 0.1) is 0 Å². The minimum absolute atomic E-state index is 0.0157. The average molecular weight is 396 g/mol. The first-order valence-electron chi connectivity index (χ1n) is 10.1. The zero-order valence-electron chi connectivity index (χ0n) is 17.1. The van der Waals surface area contributed by atoms with Gasteiger partial charge < -0.3 is 15.4 Å². The van der Waals surface area contributed by atoms with Gasteiger partial charge in [-0.25, -0.2) is 0 Å². The summed E-state index contributed by atoms with van der Waals surface area (Å²) in [7, 11) is 2.03. The number of ether oxygens (including phenoxy) is 1. The number of hydrogen-bond donors (Lipinski definition) is 2. The van der Waals surface area contributed by atoms with E-state index in [1.807, 2.05) is 61.6 Å². The smallest absolute Gasteiger partial charge is 0.221 e. The van der Waals surface area contributed by atoms with E-state index in [0.29, 0.717) is 25.6 Å². The molecular formula is C23H29N3O3. The molecule has 29 heavy (non-hydrogen) atoms. The lowest BCUT2D eigenvalue weighted by atomic mass is 10.1. The number of hydrogen-bond acceptors (Lipinski definition) is 4. The van der Waals surface area contributed by atoms with Gasteiger partial charge in [-0.15, -0.1) is 0 Å². The lowest BCUT2D eigenvalue weighted by molar-refractivity contribution is -0.122. The molecule has 1 fully saturated rings. The molecule has 0 bridgehead atoms. The van der Waals surface area contributed by atoms with Crippen LogP contribution < -0.4 is 15.4 Å². The van der Waals surface area contributed by atoms with Gasteiger partial charge in [-0.2, -0.15) is 0 Å². The van der Waals surface area contributed by atoms with Crippen molar-refractivity contribution in [2.45, 2.75) is 44.8 Å². The molecule has 1 aliphatic heterocycles. The molecule has 154 valence electrons. The van der Waals surface area contributed by atoms with Gasteiger partial charge in [0.2, 0.25) is 11.8 Å². The van der Waals surface area contributed by atoms with Crippen molar-refractivity contribution in [3.05, 3.63) is 60.2 Å². The largest absolute Gasteiger partial charge is 0.457 e. The Hall–Kier alpha value is -2.86. The first kappa shape index (κ1) is 20.9. The molecule has 2 amide bonds. The lowest BCUT2D eigenvalue weighted by Gasteiger charge is -2.25. The first-order chi connectivity index (χ1) is 14.0. The molecule has 2 atom stereocenters. The molecular weight excluding hydrogens is 366 g/mol. The van der Waals surface area contributed by atoms with Crippen LogP contribution in [0.15, 0.2) is 54.6 Å². The van der Waals surface area contributed by atoms with Gasteiger partial charge in [-0.05, 0) is 49.7 Å². The van der Waals surface area contributed by atoms with Gasteiger partial charge in [0.25, 0.3) is 0 Å². The van der Waals surface area contributed by atoms with Gasteiger partial charge in [-0.3, -0.25) is 14.5 Å². The maximum absolute atomic E-state index is 12.4. The average Bonchev–Trinajstić information content (AvgIpc) is 3.05. The van der Waals surface area contributed by atoms with Gasteiger partial charge in [0.1, 0.15) is 11.5 Å². The number of benzene rings is 2. The van der Waals surface area contributed by atoms with Crippen LogP contribution in [0, 0.1) is 0 Å². The maximum Gasteiger partial charge on any atom is 0.221 e. The molecule has 2 aromatic carbocycles. The predicted molar refractivity (Wildman–Crippen MR) is 113 cm³/mol. The lowest BCUT2D eigenvalue weighted by Crippen LogP contribution is -2.41. The highest BCUT2D eigenvalue weighted by atomic mass is 16.5. The molecule has 0 unspecified atom stereocenters. The number of para-hydroxylation sites is 1. The number of rotatable bonds is 8. The number of nitrogens with one attached hydrogen (secondary N) is 2. The quantitative estimate of drug-likeness (QED) is 0.721. The molecule has 6 heteroatoms. The van der Waals surface area contributed by atoms with Crippen LogP contribution in [-0.2, 0) is 16.1 Å². The third-order valence-corrected chi connectivity index (χ3v) is 5.36. The molecule has 1 saturated heterocycles. The molecule has 2 N–H and O–H groups in total. The van der Waals surface area contributed by atoms with Crippen LogP contribution in [-0.4, -0.2) is 42.4 Å². The third-order valence-electron chi connectivity index (χ3n) is 5.36. The fourth-order valence-corrected chi connectivity index (χ4v) is 3.67. The SMILES string of the molecule is CC(=O)NC[C@H]1CC[C@@H](CC(=O)NCc2cccc(Oc3ccccc3)c2)N1C. The topological polar surface area (TPSA) is 70.7 Å². The van der Waals surface area contributed by atoms with E-state index in [1.54, 1.807) is 0 Å². The second kappa shape index (κ2) is 10.1. The van der Waals surface area contributed by atoms with Crippen LogP contribution in [0.25, 0.3) is 0 Å². The summed E-state index contributed by atoms with van der Waals surface area (Å²) in [6, 6.07) is 17.9. The van der Waals surface area contributed by atoms with E-state index in [2.05, 4.69) is 15.5 Å². The number of nitrogens with zero attached hydrogens (tertiary/aromatic N) is 1. The van der Waals surface area contributed by atoms with Crippen LogP contribution in [0.4, 0.5) is 0 Å². The zero-order valence-corrected chi connectivity index (χ0v) is 17.1. The van der Waals surface area contributed by atoms with Gasteiger partial charge >= 0.3 is 0 Å². The van der Waals surface area contributed by atoms with Crippen molar-refractivity contribution in [3.63, 3.8) is 0 Å². The third kappa shape index (κ3) is 6.32. The molecule has 0 spiro atoms. The van der Waals surface area contributed by atoms with Gasteiger partial charge in [-0.1, -0.05) is 30.3 Å². The standard InChI is InChI=1S/C23H29N3O3/c1-17(27)24-16-20-12-11-19(26(20)2)14-23(28)25-15-18-7-6-10-22(13-18)29-21-8-4-3-5-9-21/h3-10,13,19-20H,11-12,14-16H2,1-2H3,(H,24,27)(H,25,28)/t19-,20+/m0/s1. The van der Waals surface area contributed by atoms with Crippen molar-refractivity contribution in [2.24, 2.45) is 0 Å². The summed E-state index contributed by atoms with van der Waals surface area (Å²) < 4.78 is 5.85. The van der Waals surface area contributed by atoms with Crippen molar-refractivity contribution in [1.29, 1.82) is 0 Å². The van der Waals surface area contributed by atoms with Crippen LogP contribution in [0.1, 0.15) is 31.7 Å². The molecule has 0 saturated carbocycles. The summed E-state index contributed by atoms with van der Waals surface area (Å²) in [5, 5.41) is 5.88. The Morgan fingerprint density at radius 2 is 1.72 bits per heavy atom. The van der Waals surface area contributed by atoms with E-state index in [9.17, 15) is 9.59 Å². The van der Waals surface area contributed by atoms with Crippen LogP contribution in [0.2, 0.25) is 0 Å². The normalized spacial score (nSPS) is 19.0. The highest BCUT2D eigenvalue weighted by Crippen LogP contribution is 2.24. The van der Waals surface area contributed by atoms with Crippen molar-refractivity contribution in [2.75, 3.05) is 13.6 Å². The number of likely N-dealkylation sites (N-methyl/N-ethyl adjacent to an activating group) is 1. The van der Waals surface area contributed by atoms with Crippen LogP contribution in [0.3, 0.4) is 0 Å². The zero-order chi connectivity index (χ0) is 20.6. The molecule has 3 rings (SSSR count).